The highest BCUT2D eigenvalue weighted by molar-refractivity contribution is 5.96. The van der Waals surface area contributed by atoms with Crippen LogP contribution >= 0.6 is 0 Å². The average molecular weight is 276 g/mol. The van der Waals surface area contributed by atoms with E-state index < -0.39 is 5.97 Å². The molecule has 0 atom stereocenters. The van der Waals surface area contributed by atoms with Crippen molar-refractivity contribution in [3.63, 3.8) is 0 Å². The Balaban J connectivity index is 1.78. The van der Waals surface area contributed by atoms with E-state index in [4.69, 9.17) is 9.84 Å². The van der Waals surface area contributed by atoms with Crippen molar-refractivity contribution >= 4 is 11.9 Å². The summed E-state index contributed by atoms with van der Waals surface area (Å²) in [4.78, 5) is 28.8. The number of amides is 1. The number of carboxylic acid groups (broad SMARTS) is 1. The average Bonchev–Trinajstić information content (AvgIpc) is 2.45. The van der Waals surface area contributed by atoms with Crippen LogP contribution in [0.5, 0.6) is 0 Å². The summed E-state index contributed by atoms with van der Waals surface area (Å²) in [6.45, 7) is 1.69. The minimum Gasteiger partial charge on any atom is -0.477 e. The van der Waals surface area contributed by atoms with Crippen LogP contribution < -0.4 is 0 Å². The van der Waals surface area contributed by atoms with Gasteiger partial charge in [-0.15, -0.1) is 0 Å². The first-order chi connectivity index (χ1) is 9.60. The van der Waals surface area contributed by atoms with Crippen LogP contribution in [0.3, 0.4) is 0 Å². The Morgan fingerprint density at radius 2 is 2.20 bits per heavy atom. The highest BCUT2D eigenvalue weighted by Gasteiger charge is 2.43. The first-order valence-electron chi connectivity index (χ1n) is 6.72. The SMILES string of the molecule is O=C(O)c1cc(C(=O)N2CCOC3(CCC3)C2)ccn1. The minimum atomic E-state index is -1.13. The quantitative estimate of drug-likeness (QED) is 0.877. The fraction of sp³-hybridized carbons (Fsp3) is 0.500. The lowest BCUT2D eigenvalue weighted by molar-refractivity contribution is -0.142. The van der Waals surface area contributed by atoms with Crippen LogP contribution in [0.25, 0.3) is 0 Å². The lowest BCUT2D eigenvalue weighted by Crippen LogP contribution is -2.57. The first-order valence-corrected chi connectivity index (χ1v) is 6.72. The van der Waals surface area contributed by atoms with E-state index >= 15 is 0 Å². The van der Waals surface area contributed by atoms with Gasteiger partial charge in [0.15, 0.2) is 0 Å². The van der Waals surface area contributed by atoms with Crippen molar-refractivity contribution in [2.75, 3.05) is 19.7 Å². The van der Waals surface area contributed by atoms with E-state index in [1.165, 1.54) is 12.3 Å². The molecule has 1 aromatic rings. The zero-order valence-electron chi connectivity index (χ0n) is 11.0. The van der Waals surface area contributed by atoms with Crippen molar-refractivity contribution in [2.45, 2.75) is 24.9 Å². The molecule has 2 fully saturated rings. The highest BCUT2D eigenvalue weighted by atomic mass is 16.5. The van der Waals surface area contributed by atoms with Crippen LogP contribution in [-0.4, -0.2) is 52.2 Å². The van der Waals surface area contributed by atoms with Gasteiger partial charge >= 0.3 is 5.97 Å². The first kappa shape index (κ1) is 13.1. The van der Waals surface area contributed by atoms with E-state index in [2.05, 4.69) is 4.98 Å². The molecule has 1 aliphatic carbocycles. The Hall–Kier alpha value is -1.95. The van der Waals surface area contributed by atoms with E-state index in [9.17, 15) is 9.59 Å². The van der Waals surface area contributed by atoms with Crippen molar-refractivity contribution in [2.24, 2.45) is 0 Å². The molecule has 0 unspecified atom stereocenters. The topological polar surface area (TPSA) is 79.7 Å². The van der Waals surface area contributed by atoms with Crippen LogP contribution in [-0.2, 0) is 4.74 Å². The summed E-state index contributed by atoms with van der Waals surface area (Å²) in [6.07, 6.45) is 4.48. The molecule has 1 aliphatic heterocycles. The number of ether oxygens (including phenoxy) is 1. The normalized spacial score (nSPS) is 20.5. The molecule has 6 heteroatoms. The van der Waals surface area contributed by atoms with E-state index in [0.29, 0.717) is 25.3 Å². The maximum Gasteiger partial charge on any atom is 0.354 e. The van der Waals surface area contributed by atoms with Crippen LogP contribution in [0, 0.1) is 0 Å². The maximum atomic E-state index is 12.5. The number of hydrogen-bond acceptors (Lipinski definition) is 4. The molecule has 6 nitrogen and oxygen atoms in total. The second kappa shape index (κ2) is 4.86. The number of carboxylic acids is 1. The van der Waals surface area contributed by atoms with E-state index in [0.717, 1.165) is 19.3 Å². The molecule has 2 heterocycles. The molecule has 1 saturated heterocycles. The number of hydrogen-bond donors (Lipinski definition) is 1. The summed E-state index contributed by atoms with van der Waals surface area (Å²) in [5.74, 6) is -1.28. The van der Waals surface area contributed by atoms with Crippen LogP contribution in [0.2, 0.25) is 0 Å². The van der Waals surface area contributed by atoms with Gasteiger partial charge in [0.1, 0.15) is 5.69 Å². The number of carbonyl (C=O) groups excluding carboxylic acids is 1. The summed E-state index contributed by atoms with van der Waals surface area (Å²) in [7, 11) is 0. The van der Waals surface area contributed by atoms with Gasteiger partial charge in [-0.1, -0.05) is 0 Å². The van der Waals surface area contributed by atoms with Crippen molar-refractivity contribution in [1.82, 2.24) is 9.88 Å². The maximum absolute atomic E-state index is 12.5. The van der Waals surface area contributed by atoms with Gasteiger partial charge in [0.2, 0.25) is 0 Å². The van der Waals surface area contributed by atoms with Crippen LogP contribution in [0.1, 0.15) is 40.1 Å². The van der Waals surface area contributed by atoms with Crippen LogP contribution in [0.15, 0.2) is 18.3 Å². The van der Waals surface area contributed by atoms with Gasteiger partial charge in [-0.2, -0.15) is 0 Å². The van der Waals surface area contributed by atoms with Gasteiger partial charge in [-0.05, 0) is 31.4 Å². The molecule has 3 rings (SSSR count). The summed E-state index contributed by atoms with van der Waals surface area (Å²) >= 11 is 0. The van der Waals surface area contributed by atoms with E-state index in [1.54, 1.807) is 11.0 Å². The van der Waals surface area contributed by atoms with Gasteiger partial charge in [0, 0.05) is 18.3 Å². The largest absolute Gasteiger partial charge is 0.477 e. The smallest absolute Gasteiger partial charge is 0.354 e. The van der Waals surface area contributed by atoms with Gasteiger partial charge in [-0.25, -0.2) is 9.78 Å². The summed E-state index contributed by atoms with van der Waals surface area (Å²) in [6, 6.07) is 2.88. The molecule has 0 radical (unpaired) electrons. The fourth-order valence-electron chi connectivity index (χ4n) is 2.75. The molecule has 0 aromatic carbocycles. The molecular formula is C14H16N2O4. The zero-order chi connectivity index (χ0) is 14.2. The van der Waals surface area contributed by atoms with E-state index in [-0.39, 0.29) is 17.2 Å². The number of nitrogens with zero attached hydrogens (tertiary/aromatic N) is 2. The van der Waals surface area contributed by atoms with E-state index in [1.807, 2.05) is 0 Å². The third-order valence-corrected chi connectivity index (χ3v) is 4.03. The van der Waals surface area contributed by atoms with Gasteiger partial charge in [0.05, 0.1) is 18.8 Å². The molecule has 1 amide bonds. The Bertz CT molecular complexity index is 554. The summed E-state index contributed by atoms with van der Waals surface area (Å²) in [5, 5.41) is 8.92. The predicted octanol–water partition coefficient (Wildman–Crippen LogP) is 1.17. The zero-order valence-corrected chi connectivity index (χ0v) is 11.0. The molecule has 106 valence electrons. The molecule has 1 spiro atoms. The number of aromatic nitrogens is 1. The fourth-order valence-corrected chi connectivity index (χ4v) is 2.75. The monoisotopic (exact) mass is 276 g/mol. The Morgan fingerprint density at radius 1 is 1.40 bits per heavy atom. The highest BCUT2D eigenvalue weighted by Crippen LogP contribution is 2.38. The van der Waals surface area contributed by atoms with Crippen molar-refractivity contribution in [3.8, 4) is 0 Å². The Morgan fingerprint density at radius 3 is 2.85 bits per heavy atom. The molecule has 0 bridgehead atoms. The third kappa shape index (κ3) is 2.27. The van der Waals surface area contributed by atoms with Gasteiger partial charge < -0.3 is 14.7 Å². The third-order valence-electron chi connectivity index (χ3n) is 4.03. The second-order valence-corrected chi connectivity index (χ2v) is 5.35. The molecule has 20 heavy (non-hydrogen) atoms. The van der Waals surface area contributed by atoms with Crippen LogP contribution in [0.4, 0.5) is 0 Å². The molecular weight excluding hydrogens is 260 g/mol. The predicted molar refractivity (Wildman–Crippen MR) is 69.6 cm³/mol. The van der Waals surface area contributed by atoms with Crippen molar-refractivity contribution in [1.29, 1.82) is 0 Å². The lowest BCUT2D eigenvalue weighted by atomic mass is 9.79. The number of morpholine rings is 1. The number of aromatic carboxylic acids is 1. The number of rotatable bonds is 2. The van der Waals surface area contributed by atoms with Gasteiger partial charge in [0.25, 0.3) is 5.91 Å². The second-order valence-electron chi connectivity index (χ2n) is 5.35. The molecule has 1 saturated carbocycles. The number of pyridine rings is 1. The molecule has 1 N–H and O–H groups in total. The summed E-state index contributed by atoms with van der Waals surface area (Å²) < 4.78 is 5.78. The molecule has 2 aliphatic rings. The van der Waals surface area contributed by atoms with Crippen molar-refractivity contribution < 1.29 is 19.4 Å². The summed E-state index contributed by atoms with van der Waals surface area (Å²) in [5.41, 5.74) is 0.104. The minimum absolute atomic E-state index is 0.109. The standard InChI is InChI=1S/C14H16N2O4/c17-12(10-2-5-15-11(8-10)13(18)19)16-6-7-20-14(9-16)3-1-4-14/h2,5,8H,1,3-4,6-7,9H2,(H,18,19). The molecule has 1 aromatic heterocycles. The Labute approximate surface area is 116 Å². The Kier molecular flexibility index (Phi) is 3.17. The van der Waals surface area contributed by atoms with Gasteiger partial charge in [-0.3, -0.25) is 4.79 Å². The lowest BCUT2D eigenvalue weighted by Gasteiger charge is -2.48. The van der Waals surface area contributed by atoms with Crippen molar-refractivity contribution in [3.05, 3.63) is 29.6 Å². The number of carbonyl (C=O) groups is 2.